The topological polar surface area (TPSA) is 76.7 Å². The SMILES string of the molecule is O=S(=O)(N[C@@H]1Cc2ccccc2[C@H]1NCc1ccc2c(c1)OCO2)c1ccccc1. The maximum Gasteiger partial charge on any atom is 0.240 e. The van der Waals surface area contributed by atoms with Gasteiger partial charge in [-0.3, -0.25) is 0 Å². The van der Waals surface area contributed by atoms with Crippen molar-refractivity contribution in [2.75, 3.05) is 6.79 Å². The van der Waals surface area contributed by atoms with Crippen molar-refractivity contribution in [2.24, 2.45) is 0 Å². The van der Waals surface area contributed by atoms with Crippen LogP contribution in [0.5, 0.6) is 11.5 Å². The van der Waals surface area contributed by atoms with Gasteiger partial charge in [-0.05, 0) is 47.4 Å². The Morgan fingerprint density at radius 3 is 2.53 bits per heavy atom. The van der Waals surface area contributed by atoms with Gasteiger partial charge in [-0.15, -0.1) is 0 Å². The predicted octanol–water partition coefficient (Wildman–Crippen LogP) is 3.15. The average Bonchev–Trinajstić information content (AvgIpc) is 3.36. The molecule has 1 aliphatic carbocycles. The average molecular weight is 423 g/mol. The Balaban J connectivity index is 1.37. The molecule has 0 radical (unpaired) electrons. The number of sulfonamides is 1. The fourth-order valence-corrected chi connectivity index (χ4v) is 5.37. The molecule has 0 fully saturated rings. The summed E-state index contributed by atoms with van der Waals surface area (Å²) >= 11 is 0. The molecule has 0 amide bonds. The molecule has 0 spiro atoms. The summed E-state index contributed by atoms with van der Waals surface area (Å²) in [5.41, 5.74) is 3.33. The molecule has 30 heavy (non-hydrogen) atoms. The third kappa shape index (κ3) is 3.67. The Morgan fingerprint density at radius 1 is 0.900 bits per heavy atom. The zero-order valence-electron chi connectivity index (χ0n) is 16.2. The molecule has 7 heteroatoms. The van der Waals surface area contributed by atoms with Gasteiger partial charge in [-0.25, -0.2) is 13.1 Å². The lowest BCUT2D eigenvalue weighted by Crippen LogP contribution is -2.42. The van der Waals surface area contributed by atoms with Crippen LogP contribution in [0.3, 0.4) is 0 Å². The summed E-state index contributed by atoms with van der Waals surface area (Å²) in [6, 6.07) is 22.0. The van der Waals surface area contributed by atoms with E-state index in [1.54, 1.807) is 30.3 Å². The number of nitrogens with one attached hydrogen (secondary N) is 2. The van der Waals surface area contributed by atoms with Crippen LogP contribution in [0.4, 0.5) is 0 Å². The van der Waals surface area contributed by atoms with Crippen molar-refractivity contribution in [3.05, 3.63) is 89.5 Å². The second-order valence-corrected chi connectivity index (χ2v) is 9.20. The molecule has 2 N–H and O–H groups in total. The highest BCUT2D eigenvalue weighted by Crippen LogP contribution is 2.34. The quantitative estimate of drug-likeness (QED) is 0.638. The highest BCUT2D eigenvalue weighted by atomic mass is 32.2. The molecule has 1 heterocycles. The van der Waals surface area contributed by atoms with Crippen LogP contribution in [0.1, 0.15) is 22.7 Å². The van der Waals surface area contributed by atoms with E-state index in [0.717, 1.165) is 28.2 Å². The maximum absolute atomic E-state index is 12.9. The smallest absolute Gasteiger partial charge is 0.240 e. The molecule has 2 atom stereocenters. The predicted molar refractivity (Wildman–Crippen MR) is 113 cm³/mol. The Labute approximate surface area is 175 Å². The van der Waals surface area contributed by atoms with Crippen LogP contribution in [-0.4, -0.2) is 21.3 Å². The molecule has 5 rings (SSSR count). The number of rotatable bonds is 6. The van der Waals surface area contributed by atoms with Gasteiger partial charge in [0, 0.05) is 18.6 Å². The summed E-state index contributed by atoms with van der Waals surface area (Å²) < 4.78 is 39.6. The van der Waals surface area contributed by atoms with Crippen LogP contribution in [0, 0.1) is 0 Å². The number of hydrogen-bond donors (Lipinski definition) is 2. The highest BCUT2D eigenvalue weighted by Gasteiger charge is 2.35. The molecule has 3 aromatic carbocycles. The molecule has 0 saturated carbocycles. The van der Waals surface area contributed by atoms with E-state index >= 15 is 0 Å². The molecule has 1 aliphatic heterocycles. The molecule has 0 saturated heterocycles. The van der Waals surface area contributed by atoms with E-state index in [-0.39, 0.29) is 23.8 Å². The Morgan fingerprint density at radius 2 is 1.67 bits per heavy atom. The second-order valence-electron chi connectivity index (χ2n) is 7.49. The number of hydrogen-bond acceptors (Lipinski definition) is 5. The van der Waals surface area contributed by atoms with Gasteiger partial charge in [0.2, 0.25) is 16.8 Å². The minimum atomic E-state index is -3.61. The summed E-state index contributed by atoms with van der Waals surface area (Å²) in [6.45, 7) is 0.824. The van der Waals surface area contributed by atoms with Crippen LogP contribution in [-0.2, 0) is 23.0 Å². The minimum Gasteiger partial charge on any atom is -0.454 e. The molecular formula is C23H22N2O4S. The van der Waals surface area contributed by atoms with Crippen molar-refractivity contribution in [1.29, 1.82) is 0 Å². The van der Waals surface area contributed by atoms with E-state index in [4.69, 9.17) is 9.47 Å². The van der Waals surface area contributed by atoms with Gasteiger partial charge in [0.05, 0.1) is 4.90 Å². The van der Waals surface area contributed by atoms with Crippen molar-refractivity contribution in [3.63, 3.8) is 0 Å². The molecule has 2 aliphatic rings. The maximum atomic E-state index is 12.9. The number of benzene rings is 3. The first-order valence-electron chi connectivity index (χ1n) is 9.87. The first kappa shape index (κ1) is 19.1. The first-order chi connectivity index (χ1) is 14.6. The standard InChI is InChI=1S/C23H22N2O4S/c26-30(27,18-7-2-1-3-8-18)25-20-13-17-6-4-5-9-19(17)23(20)24-14-16-10-11-21-22(12-16)29-15-28-21/h1-12,20,23-25H,13-15H2/t20-,23-/m1/s1. The lowest BCUT2D eigenvalue weighted by Gasteiger charge is -2.23. The Hall–Kier alpha value is -2.87. The van der Waals surface area contributed by atoms with E-state index in [0.29, 0.717) is 13.0 Å². The first-order valence-corrected chi connectivity index (χ1v) is 11.4. The van der Waals surface area contributed by atoms with Gasteiger partial charge in [0.25, 0.3) is 0 Å². The summed E-state index contributed by atoms with van der Waals surface area (Å²) in [5.74, 6) is 1.49. The number of ether oxygens (including phenoxy) is 2. The van der Waals surface area contributed by atoms with E-state index in [1.807, 2.05) is 30.3 Å². The molecule has 6 nitrogen and oxygen atoms in total. The van der Waals surface area contributed by atoms with Crippen LogP contribution in [0.25, 0.3) is 0 Å². The van der Waals surface area contributed by atoms with E-state index in [2.05, 4.69) is 22.2 Å². The summed E-state index contributed by atoms with van der Waals surface area (Å²) in [4.78, 5) is 0.274. The van der Waals surface area contributed by atoms with E-state index in [1.165, 1.54) is 0 Å². The molecule has 0 unspecified atom stereocenters. The van der Waals surface area contributed by atoms with Crippen LogP contribution in [0.15, 0.2) is 77.7 Å². The lowest BCUT2D eigenvalue weighted by molar-refractivity contribution is 0.174. The van der Waals surface area contributed by atoms with Gasteiger partial charge in [-0.1, -0.05) is 48.5 Å². The van der Waals surface area contributed by atoms with Crippen LogP contribution in [0.2, 0.25) is 0 Å². The lowest BCUT2D eigenvalue weighted by atomic mass is 10.1. The third-order valence-electron chi connectivity index (χ3n) is 5.56. The number of fused-ring (bicyclic) bond motifs is 2. The van der Waals surface area contributed by atoms with Gasteiger partial charge in [0.1, 0.15) is 0 Å². The molecule has 0 aromatic heterocycles. The zero-order chi connectivity index (χ0) is 20.6. The van der Waals surface area contributed by atoms with Gasteiger partial charge < -0.3 is 14.8 Å². The summed E-state index contributed by atoms with van der Waals surface area (Å²) in [7, 11) is -3.61. The summed E-state index contributed by atoms with van der Waals surface area (Å²) in [6.07, 6.45) is 0.640. The monoisotopic (exact) mass is 422 g/mol. The Kier molecular flexibility index (Phi) is 4.94. The van der Waals surface area contributed by atoms with E-state index < -0.39 is 10.0 Å². The molecule has 0 bridgehead atoms. The largest absolute Gasteiger partial charge is 0.454 e. The second kappa shape index (κ2) is 7.75. The van der Waals surface area contributed by atoms with Crippen molar-refractivity contribution < 1.29 is 17.9 Å². The van der Waals surface area contributed by atoms with Crippen molar-refractivity contribution in [2.45, 2.75) is 29.9 Å². The fourth-order valence-electron chi connectivity index (χ4n) is 4.10. The van der Waals surface area contributed by atoms with Gasteiger partial charge in [0.15, 0.2) is 11.5 Å². The van der Waals surface area contributed by atoms with Crippen molar-refractivity contribution in [1.82, 2.24) is 10.0 Å². The minimum absolute atomic E-state index is 0.134. The normalized spacial score (nSPS) is 19.6. The highest BCUT2D eigenvalue weighted by molar-refractivity contribution is 7.89. The van der Waals surface area contributed by atoms with Gasteiger partial charge >= 0.3 is 0 Å². The Bertz CT molecular complexity index is 1160. The third-order valence-corrected chi connectivity index (χ3v) is 7.06. The van der Waals surface area contributed by atoms with Crippen molar-refractivity contribution in [3.8, 4) is 11.5 Å². The molecule has 3 aromatic rings. The van der Waals surface area contributed by atoms with Crippen LogP contribution < -0.4 is 19.5 Å². The van der Waals surface area contributed by atoms with Gasteiger partial charge in [-0.2, -0.15) is 0 Å². The zero-order valence-corrected chi connectivity index (χ0v) is 17.1. The fraction of sp³-hybridized carbons (Fsp3) is 0.217. The summed E-state index contributed by atoms with van der Waals surface area (Å²) in [5, 5.41) is 3.55. The molecule has 154 valence electrons. The molecular weight excluding hydrogens is 400 g/mol. The van der Waals surface area contributed by atoms with Crippen molar-refractivity contribution >= 4 is 10.0 Å². The van der Waals surface area contributed by atoms with E-state index in [9.17, 15) is 8.42 Å². The van der Waals surface area contributed by atoms with Crippen LogP contribution >= 0.6 is 0 Å².